The lowest BCUT2D eigenvalue weighted by molar-refractivity contribution is -0.133. The molecule has 2 amide bonds. The Bertz CT molecular complexity index is 1140. The number of nitrogens with one attached hydrogen (secondary N) is 1. The van der Waals surface area contributed by atoms with E-state index in [1.54, 1.807) is 4.90 Å². The number of hydrogen-bond donors (Lipinski definition) is 1. The van der Waals surface area contributed by atoms with Crippen LogP contribution in [0.2, 0.25) is 0 Å². The maximum atomic E-state index is 13.7. The van der Waals surface area contributed by atoms with Crippen LogP contribution in [0.1, 0.15) is 54.2 Å². The number of aryl methyl sites for hydroxylation is 1. The Morgan fingerprint density at radius 1 is 1.10 bits per heavy atom. The first-order valence-electron chi connectivity index (χ1n) is 11.2. The molecule has 1 aromatic heterocycles. The summed E-state index contributed by atoms with van der Waals surface area (Å²) in [7, 11) is 0. The summed E-state index contributed by atoms with van der Waals surface area (Å²) in [5, 5.41) is 4.29. The van der Waals surface area contributed by atoms with E-state index < -0.39 is 5.54 Å². The number of nitrogens with zero attached hydrogens (tertiary/aromatic N) is 2. The minimum absolute atomic E-state index is 0.0525. The Hall–Kier alpha value is -3.08. The van der Waals surface area contributed by atoms with Crippen molar-refractivity contribution >= 4 is 22.7 Å². The molecule has 2 heterocycles. The van der Waals surface area contributed by atoms with E-state index in [0.717, 1.165) is 42.1 Å². The number of carbonyl (C=O) groups excluding carboxylic acids is 2. The number of para-hydroxylation sites is 1. The Labute approximate surface area is 183 Å². The molecular weight excluding hydrogens is 386 g/mol. The molecule has 1 saturated carbocycles. The van der Waals surface area contributed by atoms with Gasteiger partial charge < -0.3 is 14.8 Å². The van der Waals surface area contributed by atoms with Crippen LogP contribution in [0.15, 0.2) is 54.6 Å². The SMILES string of the molecule is Cc1ccc(CN2C(=O)c3cc4ccccc4n3C[C@@]2(C)C(=O)NC2CCCC2)cc1. The van der Waals surface area contributed by atoms with Gasteiger partial charge >= 0.3 is 0 Å². The highest BCUT2D eigenvalue weighted by molar-refractivity contribution is 6.03. The zero-order valence-corrected chi connectivity index (χ0v) is 18.2. The van der Waals surface area contributed by atoms with Gasteiger partial charge in [-0.05, 0) is 44.4 Å². The van der Waals surface area contributed by atoms with Gasteiger partial charge in [0.25, 0.3) is 5.91 Å². The van der Waals surface area contributed by atoms with Crippen molar-refractivity contribution < 1.29 is 9.59 Å². The number of amides is 2. The van der Waals surface area contributed by atoms with Crippen LogP contribution in [0, 0.1) is 6.92 Å². The monoisotopic (exact) mass is 415 g/mol. The van der Waals surface area contributed by atoms with E-state index in [2.05, 4.69) is 17.4 Å². The fraction of sp³-hybridized carbons (Fsp3) is 0.385. The molecule has 160 valence electrons. The highest BCUT2D eigenvalue weighted by Gasteiger charge is 2.48. The summed E-state index contributed by atoms with van der Waals surface area (Å²) >= 11 is 0. The number of aromatic nitrogens is 1. The second-order valence-corrected chi connectivity index (χ2v) is 9.28. The quantitative estimate of drug-likeness (QED) is 0.686. The molecule has 1 atom stereocenters. The molecule has 3 aromatic rings. The number of carbonyl (C=O) groups is 2. The number of fused-ring (bicyclic) bond motifs is 3. The first-order chi connectivity index (χ1) is 15.0. The molecule has 0 spiro atoms. The topological polar surface area (TPSA) is 54.3 Å². The Kier molecular flexibility index (Phi) is 4.84. The van der Waals surface area contributed by atoms with Crippen LogP contribution >= 0.6 is 0 Å². The van der Waals surface area contributed by atoms with Crippen LogP contribution in [-0.2, 0) is 17.9 Å². The van der Waals surface area contributed by atoms with Crippen molar-refractivity contribution in [2.45, 2.75) is 64.2 Å². The van der Waals surface area contributed by atoms with E-state index in [4.69, 9.17) is 0 Å². The normalized spacial score (nSPS) is 21.5. The van der Waals surface area contributed by atoms with E-state index >= 15 is 0 Å². The molecular formula is C26H29N3O2. The van der Waals surface area contributed by atoms with Gasteiger partial charge in [-0.15, -0.1) is 0 Å². The molecule has 0 saturated heterocycles. The number of benzene rings is 2. The zero-order valence-electron chi connectivity index (χ0n) is 18.2. The van der Waals surface area contributed by atoms with Gasteiger partial charge in [0.05, 0.1) is 6.54 Å². The fourth-order valence-electron chi connectivity index (χ4n) is 5.04. The number of rotatable bonds is 4. The lowest BCUT2D eigenvalue weighted by Gasteiger charge is -2.44. The molecule has 2 aromatic carbocycles. The first-order valence-corrected chi connectivity index (χ1v) is 11.2. The standard InChI is InChI=1S/C26H29N3O2/c1-18-11-13-19(14-12-18)16-29-24(30)23-15-20-7-3-6-10-22(20)28(23)17-26(29,2)25(31)27-21-8-4-5-9-21/h3,6-7,10-15,21H,4-5,8-9,16-17H2,1-2H3,(H,27,31)/t26-/m0/s1. The average molecular weight is 416 g/mol. The Balaban J connectivity index is 1.56. The van der Waals surface area contributed by atoms with Crippen LogP contribution in [0.25, 0.3) is 10.9 Å². The third-order valence-corrected chi connectivity index (χ3v) is 6.98. The highest BCUT2D eigenvalue weighted by Crippen LogP contribution is 2.34. The second-order valence-electron chi connectivity index (χ2n) is 9.28. The predicted octanol–water partition coefficient (Wildman–Crippen LogP) is 4.42. The van der Waals surface area contributed by atoms with Crippen LogP contribution in [0.3, 0.4) is 0 Å². The third kappa shape index (κ3) is 3.42. The van der Waals surface area contributed by atoms with Crippen molar-refractivity contribution in [1.82, 2.24) is 14.8 Å². The minimum atomic E-state index is -0.959. The van der Waals surface area contributed by atoms with Crippen molar-refractivity contribution in [3.63, 3.8) is 0 Å². The van der Waals surface area contributed by atoms with E-state index in [-0.39, 0.29) is 17.9 Å². The Morgan fingerprint density at radius 3 is 2.55 bits per heavy atom. The van der Waals surface area contributed by atoms with Crippen LogP contribution in [0.4, 0.5) is 0 Å². The summed E-state index contributed by atoms with van der Waals surface area (Å²) in [4.78, 5) is 29.1. The minimum Gasteiger partial charge on any atom is -0.351 e. The maximum absolute atomic E-state index is 13.7. The lowest BCUT2D eigenvalue weighted by Crippen LogP contribution is -2.64. The predicted molar refractivity (Wildman–Crippen MR) is 122 cm³/mol. The average Bonchev–Trinajstić information content (AvgIpc) is 3.40. The maximum Gasteiger partial charge on any atom is 0.271 e. The van der Waals surface area contributed by atoms with Crippen molar-refractivity contribution in [3.8, 4) is 0 Å². The molecule has 5 nitrogen and oxygen atoms in total. The van der Waals surface area contributed by atoms with E-state index in [1.807, 2.05) is 60.9 Å². The smallest absolute Gasteiger partial charge is 0.271 e. The molecule has 1 aliphatic carbocycles. The van der Waals surface area contributed by atoms with E-state index in [9.17, 15) is 9.59 Å². The summed E-state index contributed by atoms with van der Waals surface area (Å²) < 4.78 is 2.03. The van der Waals surface area contributed by atoms with Gasteiger partial charge in [-0.2, -0.15) is 0 Å². The fourth-order valence-corrected chi connectivity index (χ4v) is 5.04. The highest BCUT2D eigenvalue weighted by atomic mass is 16.2. The van der Waals surface area contributed by atoms with Crippen molar-refractivity contribution in [2.24, 2.45) is 0 Å². The summed E-state index contributed by atoms with van der Waals surface area (Å²) in [5.41, 5.74) is 2.90. The molecule has 31 heavy (non-hydrogen) atoms. The van der Waals surface area contributed by atoms with E-state index in [1.165, 1.54) is 5.56 Å². The van der Waals surface area contributed by atoms with Gasteiger partial charge in [-0.3, -0.25) is 9.59 Å². The van der Waals surface area contributed by atoms with Crippen molar-refractivity contribution in [1.29, 1.82) is 0 Å². The van der Waals surface area contributed by atoms with Gasteiger partial charge in [-0.1, -0.05) is 60.9 Å². The molecule has 5 heteroatoms. The summed E-state index contributed by atoms with van der Waals surface area (Å²) in [6, 6.07) is 18.4. The van der Waals surface area contributed by atoms with Gasteiger partial charge in [0.2, 0.25) is 5.91 Å². The third-order valence-electron chi connectivity index (χ3n) is 6.98. The van der Waals surface area contributed by atoms with Crippen LogP contribution in [-0.4, -0.2) is 32.9 Å². The molecule has 1 fully saturated rings. The van der Waals surface area contributed by atoms with Gasteiger partial charge in [0, 0.05) is 23.5 Å². The lowest BCUT2D eigenvalue weighted by atomic mass is 9.93. The zero-order chi connectivity index (χ0) is 21.6. The summed E-state index contributed by atoms with van der Waals surface area (Å²) in [5.74, 6) is -0.143. The van der Waals surface area contributed by atoms with Gasteiger partial charge in [-0.25, -0.2) is 0 Å². The summed E-state index contributed by atoms with van der Waals surface area (Å²) in [6.07, 6.45) is 4.34. The van der Waals surface area contributed by atoms with Gasteiger partial charge in [0.1, 0.15) is 11.2 Å². The first kappa shape index (κ1) is 19.9. The molecule has 0 unspecified atom stereocenters. The Morgan fingerprint density at radius 2 is 1.81 bits per heavy atom. The van der Waals surface area contributed by atoms with Crippen LogP contribution in [0.5, 0.6) is 0 Å². The van der Waals surface area contributed by atoms with E-state index in [0.29, 0.717) is 18.8 Å². The number of hydrogen-bond acceptors (Lipinski definition) is 2. The van der Waals surface area contributed by atoms with Crippen molar-refractivity contribution in [3.05, 3.63) is 71.4 Å². The molecule has 0 radical (unpaired) electrons. The second kappa shape index (κ2) is 7.56. The molecule has 1 N–H and O–H groups in total. The molecule has 0 bridgehead atoms. The summed E-state index contributed by atoms with van der Waals surface area (Å²) in [6.45, 7) is 4.83. The van der Waals surface area contributed by atoms with Gasteiger partial charge in [0.15, 0.2) is 0 Å². The largest absolute Gasteiger partial charge is 0.351 e. The van der Waals surface area contributed by atoms with Crippen molar-refractivity contribution in [2.75, 3.05) is 0 Å². The molecule has 2 aliphatic rings. The molecule has 5 rings (SSSR count). The molecule has 1 aliphatic heterocycles. The van der Waals surface area contributed by atoms with Crippen LogP contribution < -0.4 is 5.32 Å².